The molecule has 1 rings (SSSR count). The van der Waals surface area contributed by atoms with Crippen molar-refractivity contribution in [3.63, 3.8) is 0 Å². The zero-order chi connectivity index (χ0) is 10.2. The largest absolute Gasteiger partial charge is 0.488 e. The number of pyridine rings is 1. The van der Waals surface area contributed by atoms with Crippen molar-refractivity contribution in [3.05, 3.63) is 24.5 Å². The van der Waals surface area contributed by atoms with Gasteiger partial charge in [0.2, 0.25) is 0 Å². The molecule has 78 valence electrons. The average molecular weight is 194 g/mol. The fraction of sp³-hybridized carbons (Fsp3) is 0.545. The third kappa shape index (κ3) is 3.75. The molecule has 1 N–H and O–H groups in total. The Bertz CT molecular complexity index is 238. The highest BCUT2D eigenvalue weighted by Gasteiger charge is 2.06. The lowest BCUT2D eigenvalue weighted by molar-refractivity contribution is 0.193. The number of rotatable bonds is 6. The molecule has 3 nitrogen and oxygen atoms in total. The molecule has 0 spiro atoms. The predicted molar refractivity (Wildman–Crippen MR) is 57.5 cm³/mol. The van der Waals surface area contributed by atoms with E-state index in [0.29, 0.717) is 0 Å². The van der Waals surface area contributed by atoms with Crippen LogP contribution in [0.2, 0.25) is 0 Å². The van der Waals surface area contributed by atoms with E-state index >= 15 is 0 Å². The first-order valence-electron chi connectivity index (χ1n) is 5.14. The second-order valence-electron chi connectivity index (χ2n) is 3.14. The summed E-state index contributed by atoms with van der Waals surface area (Å²) < 4.78 is 5.74. The summed E-state index contributed by atoms with van der Waals surface area (Å²) in [5.74, 6) is 0.845. The van der Waals surface area contributed by atoms with Gasteiger partial charge in [0.25, 0.3) is 0 Å². The van der Waals surface area contributed by atoms with Crippen molar-refractivity contribution in [1.29, 1.82) is 0 Å². The van der Waals surface area contributed by atoms with Crippen molar-refractivity contribution in [3.8, 4) is 5.75 Å². The van der Waals surface area contributed by atoms with E-state index in [1.165, 1.54) is 0 Å². The van der Waals surface area contributed by atoms with Gasteiger partial charge in [0.15, 0.2) is 0 Å². The van der Waals surface area contributed by atoms with E-state index in [0.717, 1.165) is 25.3 Å². The van der Waals surface area contributed by atoms with Crippen LogP contribution < -0.4 is 10.1 Å². The molecule has 0 aromatic carbocycles. The summed E-state index contributed by atoms with van der Waals surface area (Å²) in [6.07, 6.45) is 4.73. The maximum Gasteiger partial charge on any atom is 0.138 e. The summed E-state index contributed by atoms with van der Waals surface area (Å²) in [6.45, 7) is 6.09. The van der Waals surface area contributed by atoms with E-state index in [1.54, 1.807) is 12.4 Å². The number of ether oxygens (including phenoxy) is 1. The van der Waals surface area contributed by atoms with Gasteiger partial charge >= 0.3 is 0 Å². The van der Waals surface area contributed by atoms with Crippen molar-refractivity contribution >= 4 is 0 Å². The number of hydrogen-bond donors (Lipinski definition) is 1. The molecule has 1 unspecified atom stereocenters. The molecule has 0 aliphatic heterocycles. The van der Waals surface area contributed by atoms with Gasteiger partial charge in [-0.3, -0.25) is 4.98 Å². The van der Waals surface area contributed by atoms with E-state index < -0.39 is 0 Å². The monoisotopic (exact) mass is 194 g/mol. The molecular weight excluding hydrogens is 176 g/mol. The highest BCUT2D eigenvalue weighted by Crippen LogP contribution is 2.10. The minimum atomic E-state index is 0.235. The van der Waals surface area contributed by atoms with E-state index in [9.17, 15) is 0 Å². The molecule has 0 fully saturated rings. The molecule has 0 bridgehead atoms. The smallest absolute Gasteiger partial charge is 0.138 e. The number of hydrogen-bond acceptors (Lipinski definition) is 3. The second kappa shape index (κ2) is 6.38. The predicted octanol–water partition coefficient (Wildman–Crippen LogP) is 1.85. The number of nitrogens with one attached hydrogen (secondary N) is 1. The van der Waals surface area contributed by atoms with Crippen molar-refractivity contribution in [2.24, 2.45) is 0 Å². The Kier molecular flexibility index (Phi) is 5.00. The fourth-order valence-electron chi connectivity index (χ4n) is 1.18. The summed E-state index contributed by atoms with van der Waals surface area (Å²) in [4.78, 5) is 4.01. The van der Waals surface area contributed by atoms with Crippen LogP contribution in [0.4, 0.5) is 0 Å². The fourth-order valence-corrected chi connectivity index (χ4v) is 1.18. The van der Waals surface area contributed by atoms with E-state index in [-0.39, 0.29) is 6.10 Å². The van der Waals surface area contributed by atoms with Gasteiger partial charge in [0, 0.05) is 12.7 Å². The lowest BCUT2D eigenvalue weighted by Gasteiger charge is -2.17. The SMILES string of the molecule is CCNCC(CC)Oc1cccnc1. The maximum atomic E-state index is 5.74. The minimum absolute atomic E-state index is 0.235. The summed E-state index contributed by atoms with van der Waals surface area (Å²) in [7, 11) is 0. The zero-order valence-electron chi connectivity index (χ0n) is 8.86. The first kappa shape index (κ1) is 11.0. The van der Waals surface area contributed by atoms with Gasteiger partial charge in [0.1, 0.15) is 11.9 Å². The first-order valence-corrected chi connectivity index (χ1v) is 5.14. The third-order valence-corrected chi connectivity index (χ3v) is 2.01. The van der Waals surface area contributed by atoms with Crippen LogP contribution in [0.3, 0.4) is 0 Å². The lowest BCUT2D eigenvalue weighted by Crippen LogP contribution is -2.30. The van der Waals surface area contributed by atoms with Crippen molar-refractivity contribution in [2.45, 2.75) is 26.4 Å². The Morgan fingerprint density at radius 1 is 1.50 bits per heavy atom. The molecule has 0 radical (unpaired) electrons. The topological polar surface area (TPSA) is 34.1 Å². The first-order chi connectivity index (χ1) is 6.86. The zero-order valence-corrected chi connectivity index (χ0v) is 8.86. The van der Waals surface area contributed by atoms with Gasteiger partial charge in [0.05, 0.1) is 6.20 Å². The van der Waals surface area contributed by atoms with Gasteiger partial charge in [-0.15, -0.1) is 0 Å². The molecule has 3 heteroatoms. The van der Waals surface area contributed by atoms with Crippen LogP contribution in [0.1, 0.15) is 20.3 Å². The summed E-state index contributed by atoms with van der Waals surface area (Å²) >= 11 is 0. The molecular formula is C11H18N2O. The molecule has 14 heavy (non-hydrogen) atoms. The summed E-state index contributed by atoms with van der Waals surface area (Å²) in [5, 5.41) is 3.27. The van der Waals surface area contributed by atoms with Crippen LogP contribution >= 0.6 is 0 Å². The van der Waals surface area contributed by atoms with Gasteiger partial charge in [-0.25, -0.2) is 0 Å². The van der Waals surface area contributed by atoms with E-state index in [1.807, 2.05) is 12.1 Å². The van der Waals surface area contributed by atoms with Crippen LogP contribution in [0.25, 0.3) is 0 Å². The highest BCUT2D eigenvalue weighted by molar-refractivity contribution is 5.15. The molecule has 0 aliphatic carbocycles. The molecule has 1 atom stereocenters. The molecule has 1 heterocycles. The van der Waals surface area contributed by atoms with Crippen LogP contribution in [0, 0.1) is 0 Å². The molecule has 0 saturated heterocycles. The second-order valence-corrected chi connectivity index (χ2v) is 3.14. The maximum absolute atomic E-state index is 5.74. The molecule has 1 aromatic rings. The Labute approximate surface area is 85.5 Å². The average Bonchev–Trinajstić information content (AvgIpc) is 2.25. The standard InChI is InChI=1S/C11H18N2O/c1-3-10(8-12-4-2)14-11-6-5-7-13-9-11/h5-7,9-10,12H,3-4,8H2,1-2H3. The summed E-state index contributed by atoms with van der Waals surface area (Å²) in [6, 6.07) is 3.82. The molecule has 0 saturated carbocycles. The van der Waals surface area contributed by atoms with Gasteiger partial charge < -0.3 is 10.1 Å². The highest BCUT2D eigenvalue weighted by atomic mass is 16.5. The van der Waals surface area contributed by atoms with E-state index in [4.69, 9.17) is 4.74 Å². The third-order valence-electron chi connectivity index (χ3n) is 2.01. The molecule has 0 amide bonds. The minimum Gasteiger partial charge on any atom is -0.488 e. The van der Waals surface area contributed by atoms with Crippen LogP contribution in [-0.4, -0.2) is 24.2 Å². The molecule has 1 aromatic heterocycles. The van der Waals surface area contributed by atoms with Crippen molar-refractivity contribution in [1.82, 2.24) is 10.3 Å². The van der Waals surface area contributed by atoms with Gasteiger partial charge in [-0.2, -0.15) is 0 Å². The quantitative estimate of drug-likeness (QED) is 0.750. The Morgan fingerprint density at radius 2 is 2.36 bits per heavy atom. The normalized spacial score (nSPS) is 12.4. The summed E-state index contributed by atoms with van der Waals surface area (Å²) in [5.41, 5.74) is 0. The van der Waals surface area contributed by atoms with E-state index in [2.05, 4.69) is 24.1 Å². The van der Waals surface area contributed by atoms with Gasteiger partial charge in [-0.1, -0.05) is 13.8 Å². The lowest BCUT2D eigenvalue weighted by atomic mass is 10.2. The number of nitrogens with zero attached hydrogens (tertiary/aromatic N) is 1. The van der Waals surface area contributed by atoms with Gasteiger partial charge in [-0.05, 0) is 25.1 Å². The van der Waals surface area contributed by atoms with Crippen LogP contribution in [0.5, 0.6) is 5.75 Å². The Morgan fingerprint density at radius 3 is 2.93 bits per heavy atom. The Hall–Kier alpha value is -1.09. The van der Waals surface area contributed by atoms with Crippen LogP contribution in [0.15, 0.2) is 24.5 Å². The number of likely N-dealkylation sites (N-methyl/N-ethyl adjacent to an activating group) is 1. The van der Waals surface area contributed by atoms with Crippen LogP contribution in [-0.2, 0) is 0 Å². The number of aromatic nitrogens is 1. The van der Waals surface area contributed by atoms with Crippen molar-refractivity contribution in [2.75, 3.05) is 13.1 Å². The Balaban J connectivity index is 2.40. The van der Waals surface area contributed by atoms with Crippen molar-refractivity contribution < 1.29 is 4.74 Å². The molecule has 0 aliphatic rings.